The number of methoxy groups -OCH3 is 2. The van der Waals surface area contributed by atoms with Gasteiger partial charge in [0.15, 0.2) is 5.96 Å². The van der Waals surface area contributed by atoms with Crippen LogP contribution in [0.15, 0.2) is 40.9 Å². The van der Waals surface area contributed by atoms with Gasteiger partial charge in [0.05, 0.1) is 32.1 Å². The number of nitrogens with two attached hydrogens (primary N) is 1. The molecule has 4 rings (SSSR count). The van der Waals surface area contributed by atoms with Crippen molar-refractivity contribution in [2.75, 3.05) is 20.8 Å². The molecule has 2 heterocycles. The normalized spacial score (nSPS) is 18.1. The number of guanidine groups is 1. The van der Waals surface area contributed by atoms with E-state index in [9.17, 15) is 8.78 Å². The summed E-state index contributed by atoms with van der Waals surface area (Å²) in [5, 5.41) is 3.07. The lowest BCUT2D eigenvalue weighted by Crippen LogP contribution is -2.35. The molecule has 0 saturated heterocycles. The van der Waals surface area contributed by atoms with Gasteiger partial charge in [0, 0.05) is 24.6 Å². The number of benzene rings is 2. The van der Waals surface area contributed by atoms with Gasteiger partial charge in [-0.05, 0) is 23.3 Å². The number of aliphatic imine (C=N–C) groups is 1. The maximum atomic E-state index is 13.8. The summed E-state index contributed by atoms with van der Waals surface area (Å²) in [6.07, 6.45) is 0.488. The molecule has 2 aromatic rings. The number of rotatable bonds is 3. The minimum absolute atomic E-state index is 0.138. The zero-order valence-electron chi connectivity index (χ0n) is 15.4. The Morgan fingerprint density at radius 1 is 1.11 bits per heavy atom. The number of halogens is 2. The van der Waals surface area contributed by atoms with Crippen molar-refractivity contribution in [3.05, 3.63) is 58.7 Å². The molecular weight excluding hydrogens is 368 g/mol. The minimum Gasteiger partial charge on any atom is -0.496 e. The van der Waals surface area contributed by atoms with Gasteiger partial charge in [0.2, 0.25) is 0 Å². The molecule has 6 nitrogen and oxygen atoms in total. The van der Waals surface area contributed by atoms with Gasteiger partial charge in [0.25, 0.3) is 0 Å². The molecule has 146 valence electrons. The van der Waals surface area contributed by atoms with Crippen LogP contribution in [-0.4, -0.2) is 26.8 Å². The zero-order chi connectivity index (χ0) is 19.8. The van der Waals surface area contributed by atoms with E-state index in [2.05, 4.69) is 10.3 Å². The number of fused-ring (bicyclic) bond motifs is 2. The van der Waals surface area contributed by atoms with E-state index in [0.29, 0.717) is 47.1 Å². The van der Waals surface area contributed by atoms with Gasteiger partial charge in [0.1, 0.15) is 34.9 Å². The summed E-state index contributed by atoms with van der Waals surface area (Å²) in [4.78, 5) is 4.39. The first-order valence-corrected chi connectivity index (χ1v) is 8.68. The van der Waals surface area contributed by atoms with Crippen molar-refractivity contribution < 1.29 is 23.0 Å². The Bertz CT molecular complexity index is 984. The van der Waals surface area contributed by atoms with Crippen LogP contribution < -0.4 is 25.3 Å². The van der Waals surface area contributed by atoms with E-state index in [1.54, 1.807) is 26.4 Å². The zero-order valence-corrected chi connectivity index (χ0v) is 15.4. The molecule has 0 aromatic heterocycles. The lowest BCUT2D eigenvalue weighted by atomic mass is 9.91. The lowest BCUT2D eigenvalue weighted by Gasteiger charge is -2.27. The largest absolute Gasteiger partial charge is 0.496 e. The second-order valence-electron chi connectivity index (χ2n) is 6.45. The van der Waals surface area contributed by atoms with E-state index in [1.807, 2.05) is 0 Å². The van der Waals surface area contributed by atoms with Gasteiger partial charge in [-0.3, -0.25) is 0 Å². The average Bonchev–Trinajstić information content (AvgIpc) is 2.85. The minimum atomic E-state index is -0.669. The molecule has 0 amide bonds. The molecule has 2 aliphatic rings. The Labute approximate surface area is 160 Å². The van der Waals surface area contributed by atoms with Crippen LogP contribution in [0.5, 0.6) is 17.2 Å². The molecule has 2 aliphatic heterocycles. The van der Waals surface area contributed by atoms with Crippen LogP contribution in [0.25, 0.3) is 5.70 Å². The third kappa shape index (κ3) is 3.11. The summed E-state index contributed by atoms with van der Waals surface area (Å²) in [5.74, 6) is 0.469. The SMILES string of the molecule is COc1cc(OC)c2c(c1)OCCC1=C2NC(N)=NC1c1cc(F)cc(F)c1. The van der Waals surface area contributed by atoms with Gasteiger partial charge in [-0.15, -0.1) is 0 Å². The topological polar surface area (TPSA) is 78.1 Å². The number of hydrogen-bond donors (Lipinski definition) is 2. The quantitative estimate of drug-likeness (QED) is 0.846. The second kappa shape index (κ2) is 7.03. The number of hydrogen-bond acceptors (Lipinski definition) is 6. The molecule has 2 aromatic carbocycles. The molecule has 28 heavy (non-hydrogen) atoms. The lowest BCUT2D eigenvalue weighted by molar-refractivity contribution is 0.315. The Kier molecular flexibility index (Phi) is 4.54. The first-order chi connectivity index (χ1) is 13.5. The fraction of sp³-hybridized carbons (Fsp3) is 0.250. The van der Waals surface area contributed by atoms with E-state index in [0.717, 1.165) is 11.6 Å². The van der Waals surface area contributed by atoms with E-state index in [-0.39, 0.29) is 5.96 Å². The van der Waals surface area contributed by atoms with Crippen molar-refractivity contribution in [1.82, 2.24) is 5.32 Å². The molecule has 0 aliphatic carbocycles. The van der Waals surface area contributed by atoms with Gasteiger partial charge < -0.3 is 25.3 Å². The van der Waals surface area contributed by atoms with Crippen LogP contribution in [0.1, 0.15) is 23.6 Å². The molecule has 0 saturated carbocycles. The highest BCUT2D eigenvalue weighted by Gasteiger charge is 2.32. The highest BCUT2D eigenvalue weighted by atomic mass is 19.1. The summed E-state index contributed by atoms with van der Waals surface area (Å²) in [6.45, 7) is 0.355. The van der Waals surface area contributed by atoms with Crippen molar-refractivity contribution in [1.29, 1.82) is 0 Å². The highest BCUT2D eigenvalue weighted by Crippen LogP contribution is 2.45. The Balaban J connectivity index is 1.92. The monoisotopic (exact) mass is 387 g/mol. The first kappa shape index (κ1) is 18.1. The van der Waals surface area contributed by atoms with Gasteiger partial charge in [-0.2, -0.15) is 0 Å². The average molecular weight is 387 g/mol. The summed E-state index contributed by atoms with van der Waals surface area (Å²) < 4.78 is 44.4. The molecule has 1 unspecified atom stereocenters. The van der Waals surface area contributed by atoms with E-state index < -0.39 is 17.7 Å². The van der Waals surface area contributed by atoms with Crippen molar-refractivity contribution in [3.8, 4) is 17.2 Å². The van der Waals surface area contributed by atoms with E-state index in [1.165, 1.54) is 12.1 Å². The molecule has 1 atom stereocenters. The van der Waals surface area contributed by atoms with Crippen molar-refractivity contribution >= 4 is 11.7 Å². The Morgan fingerprint density at radius 3 is 2.54 bits per heavy atom. The van der Waals surface area contributed by atoms with Crippen LogP contribution in [0.4, 0.5) is 8.78 Å². The van der Waals surface area contributed by atoms with Crippen LogP contribution in [0.2, 0.25) is 0 Å². The number of nitrogens with zero attached hydrogens (tertiary/aromatic N) is 1. The fourth-order valence-electron chi connectivity index (χ4n) is 3.56. The number of ether oxygens (including phenoxy) is 3. The van der Waals surface area contributed by atoms with E-state index >= 15 is 0 Å². The van der Waals surface area contributed by atoms with Crippen LogP contribution in [0.3, 0.4) is 0 Å². The third-order valence-electron chi connectivity index (χ3n) is 4.75. The highest BCUT2D eigenvalue weighted by molar-refractivity contribution is 5.94. The molecule has 0 fully saturated rings. The Hall–Kier alpha value is -3.29. The standard InChI is InChI=1S/C20H19F2N3O3/c1-26-13-8-15(27-2)17-16(9-13)28-4-3-14-18(24-20(23)25-19(14)17)10-5-11(21)7-12(22)6-10/h5-9,18H,3-4H2,1-2H3,(H3,23,24,25). The predicted molar refractivity (Wildman–Crippen MR) is 100 cm³/mol. The molecule has 8 heteroatoms. The van der Waals surface area contributed by atoms with Crippen LogP contribution >= 0.6 is 0 Å². The summed E-state index contributed by atoms with van der Waals surface area (Å²) in [5.41, 5.74) is 8.52. The summed E-state index contributed by atoms with van der Waals surface area (Å²) >= 11 is 0. The van der Waals surface area contributed by atoms with Crippen molar-refractivity contribution in [2.45, 2.75) is 12.5 Å². The van der Waals surface area contributed by atoms with Gasteiger partial charge in [-0.25, -0.2) is 13.8 Å². The molecular formula is C20H19F2N3O3. The maximum absolute atomic E-state index is 13.8. The summed E-state index contributed by atoms with van der Waals surface area (Å²) in [7, 11) is 3.10. The molecule has 0 spiro atoms. The maximum Gasteiger partial charge on any atom is 0.194 e. The van der Waals surface area contributed by atoms with Crippen molar-refractivity contribution in [3.63, 3.8) is 0 Å². The van der Waals surface area contributed by atoms with Crippen LogP contribution in [0, 0.1) is 11.6 Å². The predicted octanol–water partition coefficient (Wildman–Crippen LogP) is 3.13. The smallest absolute Gasteiger partial charge is 0.194 e. The van der Waals surface area contributed by atoms with Gasteiger partial charge in [-0.1, -0.05) is 0 Å². The van der Waals surface area contributed by atoms with Crippen LogP contribution in [-0.2, 0) is 0 Å². The third-order valence-corrected chi connectivity index (χ3v) is 4.75. The molecule has 0 bridgehead atoms. The second-order valence-corrected chi connectivity index (χ2v) is 6.45. The molecule has 0 radical (unpaired) electrons. The first-order valence-electron chi connectivity index (χ1n) is 8.68. The number of nitrogens with one attached hydrogen (secondary N) is 1. The summed E-state index contributed by atoms with van der Waals surface area (Å²) in [6, 6.07) is 6.21. The van der Waals surface area contributed by atoms with E-state index in [4.69, 9.17) is 19.9 Å². The fourth-order valence-corrected chi connectivity index (χ4v) is 3.56. The molecule has 3 N–H and O–H groups in total. The van der Waals surface area contributed by atoms with Gasteiger partial charge >= 0.3 is 0 Å². The Morgan fingerprint density at radius 2 is 1.86 bits per heavy atom. The van der Waals surface area contributed by atoms with Crippen molar-refractivity contribution in [2.24, 2.45) is 10.7 Å².